The van der Waals surface area contributed by atoms with E-state index in [-0.39, 0.29) is 11.8 Å². The number of amides is 2. The highest BCUT2D eigenvalue weighted by Gasteiger charge is 2.45. The average Bonchev–Trinajstić information content (AvgIpc) is 3.54. The quantitative estimate of drug-likeness (QED) is 0.467. The fourth-order valence-electron chi connectivity index (χ4n) is 5.34. The molecule has 10 heteroatoms. The summed E-state index contributed by atoms with van der Waals surface area (Å²) in [7, 11) is 0. The number of aliphatic carboxylic acids is 2. The van der Waals surface area contributed by atoms with Gasteiger partial charge >= 0.3 is 24.1 Å². The second-order valence-electron chi connectivity index (χ2n) is 12.5. The first-order valence-electron chi connectivity index (χ1n) is 14.1. The molecule has 2 N–H and O–H groups in total. The van der Waals surface area contributed by atoms with Crippen molar-refractivity contribution in [1.82, 2.24) is 9.80 Å². The van der Waals surface area contributed by atoms with Crippen LogP contribution in [0, 0.1) is 0 Å². The molecule has 2 amide bonds. The molecule has 228 valence electrons. The topological polar surface area (TPSA) is 134 Å². The molecule has 0 unspecified atom stereocenters. The predicted molar refractivity (Wildman–Crippen MR) is 156 cm³/mol. The molecule has 42 heavy (non-hydrogen) atoms. The van der Waals surface area contributed by atoms with Gasteiger partial charge in [0.05, 0.1) is 0 Å². The molecule has 2 fully saturated rings. The second-order valence-corrected chi connectivity index (χ2v) is 12.5. The Hall–Kier alpha value is -4.08. The van der Waals surface area contributed by atoms with Crippen LogP contribution in [0.25, 0.3) is 0 Å². The molecule has 2 aromatic rings. The number of benzene rings is 2. The van der Waals surface area contributed by atoms with Crippen LogP contribution in [0.1, 0.15) is 77.3 Å². The highest BCUT2D eigenvalue weighted by atomic mass is 16.6. The van der Waals surface area contributed by atoms with Crippen LogP contribution in [0.4, 0.5) is 9.59 Å². The number of likely N-dealkylation sites (tertiary alicyclic amines) is 2. The lowest BCUT2D eigenvalue weighted by atomic mass is 9.92. The summed E-state index contributed by atoms with van der Waals surface area (Å²) < 4.78 is 10.6. The number of hydrogen-bond acceptors (Lipinski definition) is 6. The van der Waals surface area contributed by atoms with E-state index in [1.807, 2.05) is 60.7 Å². The Balaban J connectivity index is 0.000000230. The number of carboxylic acids is 2. The molecule has 0 aromatic heterocycles. The van der Waals surface area contributed by atoms with Gasteiger partial charge < -0.3 is 19.7 Å². The SMILES string of the molecule is CC(C)(C)OC(=O)N1CC[C@@H](c2ccccc2)[C@@H]1C(=O)O.CC(C)(C)OC(=O)N1CC[C@H](c2ccccc2)[C@H]1C(=O)O. The number of rotatable bonds is 4. The maximum absolute atomic E-state index is 12.2. The Morgan fingerprint density at radius 2 is 0.929 bits per heavy atom. The van der Waals surface area contributed by atoms with Crippen molar-refractivity contribution in [3.63, 3.8) is 0 Å². The van der Waals surface area contributed by atoms with Gasteiger partial charge in [-0.25, -0.2) is 19.2 Å². The molecule has 2 saturated heterocycles. The second kappa shape index (κ2) is 13.3. The summed E-state index contributed by atoms with van der Waals surface area (Å²) in [5.74, 6) is -2.38. The van der Waals surface area contributed by atoms with E-state index < -0.39 is 47.4 Å². The maximum Gasteiger partial charge on any atom is 0.411 e. The molecule has 2 aliphatic rings. The van der Waals surface area contributed by atoms with E-state index in [1.54, 1.807) is 41.5 Å². The summed E-state index contributed by atoms with van der Waals surface area (Å²) in [6, 6.07) is 17.2. The van der Waals surface area contributed by atoms with E-state index in [2.05, 4.69) is 0 Å². The van der Waals surface area contributed by atoms with E-state index >= 15 is 0 Å². The fourth-order valence-corrected chi connectivity index (χ4v) is 5.34. The molecule has 2 aliphatic heterocycles. The molecule has 0 radical (unpaired) electrons. The largest absolute Gasteiger partial charge is 0.480 e. The lowest BCUT2D eigenvalue weighted by Crippen LogP contribution is -2.45. The predicted octanol–water partition coefficient (Wildman–Crippen LogP) is 5.73. The first-order valence-corrected chi connectivity index (χ1v) is 14.1. The standard InChI is InChI=1S/2C16H21NO4/c2*1-16(2,3)21-15(20)17-10-9-12(13(17)14(18)19)11-7-5-4-6-8-11/h2*4-8,12-13H,9-10H2,1-3H3,(H,18,19)/t2*12-,13+/m10/s1. The first kappa shape index (κ1) is 32.4. The van der Waals surface area contributed by atoms with Crippen LogP contribution in [-0.4, -0.2) is 80.5 Å². The van der Waals surface area contributed by atoms with Crippen molar-refractivity contribution in [1.29, 1.82) is 0 Å². The van der Waals surface area contributed by atoms with Gasteiger partial charge in [-0.2, -0.15) is 0 Å². The number of ether oxygens (including phenoxy) is 2. The number of carbonyl (C=O) groups excluding carboxylic acids is 2. The summed E-state index contributed by atoms with van der Waals surface area (Å²) in [6.07, 6.45) is 0.127. The van der Waals surface area contributed by atoms with Crippen molar-refractivity contribution in [2.24, 2.45) is 0 Å². The molecule has 4 atom stereocenters. The third-order valence-corrected chi connectivity index (χ3v) is 7.01. The highest BCUT2D eigenvalue weighted by Crippen LogP contribution is 2.35. The molecule has 2 aromatic carbocycles. The fraction of sp³-hybridized carbons (Fsp3) is 0.500. The van der Waals surface area contributed by atoms with E-state index in [4.69, 9.17) is 9.47 Å². The van der Waals surface area contributed by atoms with Crippen LogP contribution in [0.5, 0.6) is 0 Å². The Labute approximate surface area is 247 Å². The van der Waals surface area contributed by atoms with Crippen molar-refractivity contribution in [2.75, 3.05) is 13.1 Å². The summed E-state index contributed by atoms with van der Waals surface area (Å²) >= 11 is 0. The van der Waals surface area contributed by atoms with Crippen LogP contribution in [0.15, 0.2) is 60.7 Å². The molecule has 2 heterocycles. The van der Waals surface area contributed by atoms with E-state index in [0.717, 1.165) is 11.1 Å². The van der Waals surface area contributed by atoms with Crippen molar-refractivity contribution in [3.05, 3.63) is 71.8 Å². The zero-order valence-corrected chi connectivity index (χ0v) is 25.1. The van der Waals surface area contributed by atoms with Crippen LogP contribution in [-0.2, 0) is 19.1 Å². The summed E-state index contributed by atoms with van der Waals surface area (Å²) in [5, 5.41) is 19.0. The Morgan fingerprint density at radius 3 is 1.19 bits per heavy atom. The highest BCUT2D eigenvalue weighted by molar-refractivity contribution is 5.83. The number of carbonyl (C=O) groups is 4. The minimum atomic E-state index is -0.993. The van der Waals surface area contributed by atoms with E-state index in [9.17, 15) is 29.4 Å². The lowest BCUT2D eigenvalue weighted by Gasteiger charge is -2.28. The van der Waals surface area contributed by atoms with Gasteiger partial charge in [-0.05, 0) is 65.5 Å². The third-order valence-electron chi connectivity index (χ3n) is 7.01. The molecule has 0 spiro atoms. The smallest absolute Gasteiger partial charge is 0.411 e. The number of hydrogen-bond donors (Lipinski definition) is 2. The number of carboxylic acid groups (broad SMARTS) is 2. The number of nitrogens with zero attached hydrogens (tertiary/aromatic N) is 2. The lowest BCUT2D eigenvalue weighted by molar-refractivity contribution is -0.143. The Kier molecular flexibility index (Phi) is 10.2. The molecule has 0 aliphatic carbocycles. The van der Waals surface area contributed by atoms with Crippen molar-refractivity contribution >= 4 is 24.1 Å². The summed E-state index contributed by atoms with van der Waals surface area (Å²) in [5.41, 5.74) is 0.613. The summed E-state index contributed by atoms with van der Waals surface area (Å²) in [4.78, 5) is 50.3. The van der Waals surface area contributed by atoms with Crippen molar-refractivity contribution < 1.29 is 38.9 Å². The van der Waals surface area contributed by atoms with Crippen LogP contribution < -0.4 is 0 Å². The van der Waals surface area contributed by atoms with Gasteiger partial charge in [-0.15, -0.1) is 0 Å². The van der Waals surface area contributed by atoms with Crippen LogP contribution in [0.2, 0.25) is 0 Å². The van der Waals surface area contributed by atoms with Gasteiger partial charge in [0.15, 0.2) is 0 Å². The molecule has 10 nitrogen and oxygen atoms in total. The van der Waals surface area contributed by atoms with Gasteiger partial charge in [-0.3, -0.25) is 9.80 Å². The van der Waals surface area contributed by atoms with Gasteiger partial charge in [0.25, 0.3) is 0 Å². The maximum atomic E-state index is 12.2. The third kappa shape index (κ3) is 8.47. The zero-order chi connectivity index (χ0) is 31.2. The zero-order valence-electron chi connectivity index (χ0n) is 25.1. The minimum absolute atomic E-state index is 0.198. The first-order chi connectivity index (χ1) is 19.6. The van der Waals surface area contributed by atoms with Crippen molar-refractivity contribution in [3.8, 4) is 0 Å². The van der Waals surface area contributed by atoms with Gasteiger partial charge in [0.1, 0.15) is 23.3 Å². The Morgan fingerprint density at radius 1 is 0.619 bits per heavy atom. The molecular formula is C32H42N2O8. The average molecular weight is 583 g/mol. The molecular weight excluding hydrogens is 540 g/mol. The van der Waals surface area contributed by atoms with Crippen molar-refractivity contribution in [2.45, 2.75) is 89.5 Å². The molecule has 0 bridgehead atoms. The van der Waals surface area contributed by atoms with E-state index in [0.29, 0.717) is 25.9 Å². The van der Waals surface area contributed by atoms with Gasteiger partial charge in [-0.1, -0.05) is 60.7 Å². The van der Waals surface area contributed by atoms with Gasteiger partial charge in [0, 0.05) is 24.9 Å². The Bertz CT molecular complexity index is 1140. The normalized spacial score (nSPS) is 22.1. The van der Waals surface area contributed by atoms with Gasteiger partial charge in [0.2, 0.25) is 0 Å². The molecule has 0 saturated carbocycles. The molecule has 4 rings (SSSR count). The summed E-state index contributed by atoms with van der Waals surface area (Å²) in [6.45, 7) is 11.4. The van der Waals surface area contributed by atoms with Crippen LogP contribution in [0.3, 0.4) is 0 Å². The monoisotopic (exact) mass is 582 g/mol. The minimum Gasteiger partial charge on any atom is -0.480 e. The van der Waals surface area contributed by atoms with Crippen LogP contribution >= 0.6 is 0 Å². The van der Waals surface area contributed by atoms with E-state index in [1.165, 1.54) is 9.80 Å².